The second-order valence-electron chi connectivity index (χ2n) is 9.78. The van der Waals surface area contributed by atoms with Crippen LogP contribution in [0.2, 0.25) is 0 Å². The van der Waals surface area contributed by atoms with Crippen LogP contribution in [0.1, 0.15) is 64.1 Å². The molecular weight excluding hydrogens is 406 g/mol. The van der Waals surface area contributed by atoms with Crippen LogP contribution in [0.4, 0.5) is 10.6 Å². The van der Waals surface area contributed by atoms with Crippen LogP contribution in [-0.2, 0) is 21.5 Å². The predicted octanol–water partition coefficient (Wildman–Crippen LogP) is 3.42. The van der Waals surface area contributed by atoms with E-state index in [4.69, 9.17) is 5.10 Å². The Morgan fingerprint density at radius 3 is 2.50 bits per heavy atom. The lowest BCUT2D eigenvalue weighted by Crippen LogP contribution is -2.44. The first-order valence-corrected chi connectivity index (χ1v) is 11.2. The van der Waals surface area contributed by atoms with Crippen LogP contribution < -0.4 is 10.6 Å². The van der Waals surface area contributed by atoms with E-state index in [1.807, 2.05) is 36.4 Å². The van der Waals surface area contributed by atoms with Crippen molar-refractivity contribution < 1.29 is 14.4 Å². The van der Waals surface area contributed by atoms with Gasteiger partial charge in [-0.05, 0) is 18.4 Å². The second-order valence-corrected chi connectivity index (χ2v) is 9.78. The molecule has 170 valence electrons. The van der Waals surface area contributed by atoms with Crippen molar-refractivity contribution in [1.82, 2.24) is 20.0 Å². The van der Waals surface area contributed by atoms with Gasteiger partial charge < -0.3 is 10.6 Å². The highest BCUT2D eigenvalue weighted by atomic mass is 16.2. The monoisotopic (exact) mass is 437 g/mol. The number of aromatic nitrogens is 2. The first-order chi connectivity index (χ1) is 15.2. The van der Waals surface area contributed by atoms with Gasteiger partial charge in [-0.1, -0.05) is 63.9 Å². The van der Waals surface area contributed by atoms with Gasteiger partial charge in [-0.25, -0.2) is 9.48 Å². The summed E-state index contributed by atoms with van der Waals surface area (Å²) in [7, 11) is 0. The Morgan fingerprint density at radius 1 is 1.16 bits per heavy atom. The summed E-state index contributed by atoms with van der Waals surface area (Å²) in [6.07, 6.45) is 3.25. The SMILES string of the molecule is CC(C)(C)c1cc(NC(=O)CCN2C(=O)NC3(CCCC3)C2=O)n(Cc2ccccc2)n1. The largest absolute Gasteiger partial charge is 0.325 e. The maximum Gasteiger partial charge on any atom is 0.325 e. The number of imide groups is 1. The number of anilines is 1. The van der Waals surface area contributed by atoms with Crippen LogP contribution in [0.3, 0.4) is 0 Å². The van der Waals surface area contributed by atoms with Gasteiger partial charge in [0.25, 0.3) is 5.91 Å². The van der Waals surface area contributed by atoms with Gasteiger partial charge in [0, 0.05) is 24.4 Å². The zero-order valence-corrected chi connectivity index (χ0v) is 19.0. The van der Waals surface area contributed by atoms with Crippen LogP contribution in [0.15, 0.2) is 36.4 Å². The Hall–Kier alpha value is -3.16. The molecule has 0 radical (unpaired) electrons. The fraction of sp³-hybridized carbons (Fsp3) is 0.500. The van der Waals surface area contributed by atoms with E-state index >= 15 is 0 Å². The molecule has 2 fully saturated rings. The third-order valence-electron chi connectivity index (χ3n) is 6.26. The molecule has 1 aromatic carbocycles. The Labute approximate surface area is 188 Å². The molecule has 0 bridgehead atoms. The summed E-state index contributed by atoms with van der Waals surface area (Å²) >= 11 is 0. The zero-order chi connectivity index (χ0) is 22.9. The molecule has 1 aliphatic carbocycles. The molecule has 1 spiro atoms. The first kappa shape index (κ1) is 22.0. The summed E-state index contributed by atoms with van der Waals surface area (Å²) in [6.45, 7) is 6.82. The Bertz CT molecular complexity index is 1020. The van der Waals surface area contributed by atoms with Crippen molar-refractivity contribution in [3.63, 3.8) is 0 Å². The van der Waals surface area contributed by atoms with E-state index in [0.29, 0.717) is 25.2 Å². The van der Waals surface area contributed by atoms with E-state index < -0.39 is 11.6 Å². The number of urea groups is 1. The standard InChI is InChI=1S/C24H31N5O3/c1-23(2,3)18-15-19(29(27-18)16-17-9-5-4-6-10-17)25-20(30)11-14-28-21(31)24(26-22(28)32)12-7-8-13-24/h4-6,9-10,15H,7-8,11-14,16H2,1-3H3,(H,25,30)(H,26,32). The van der Waals surface area contributed by atoms with E-state index in [2.05, 4.69) is 31.4 Å². The van der Waals surface area contributed by atoms with Crippen molar-refractivity contribution in [2.75, 3.05) is 11.9 Å². The maximum absolute atomic E-state index is 12.8. The highest BCUT2D eigenvalue weighted by Gasteiger charge is 2.52. The minimum absolute atomic E-state index is 0.0383. The zero-order valence-electron chi connectivity index (χ0n) is 19.0. The summed E-state index contributed by atoms with van der Waals surface area (Å²) in [6, 6.07) is 11.4. The number of hydrogen-bond acceptors (Lipinski definition) is 4. The van der Waals surface area contributed by atoms with Crippen molar-refractivity contribution in [1.29, 1.82) is 0 Å². The summed E-state index contributed by atoms with van der Waals surface area (Å²) in [5, 5.41) is 10.5. The smallest absolute Gasteiger partial charge is 0.323 e. The molecule has 1 aromatic heterocycles. The van der Waals surface area contributed by atoms with E-state index in [1.165, 1.54) is 4.90 Å². The molecule has 8 heteroatoms. The van der Waals surface area contributed by atoms with Gasteiger partial charge in [-0.2, -0.15) is 5.10 Å². The Balaban J connectivity index is 1.44. The molecule has 2 aliphatic rings. The quantitative estimate of drug-likeness (QED) is 0.677. The molecule has 4 rings (SSSR count). The number of amides is 4. The number of nitrogens with one attached hydrogen (secondary N) is 2. The van der Waals surface area contributed by atoms with Gasteiger partial charge in [0.15, 0.2) is 0 Å². The molecular formula is C24H31N5O3. The molecule has 0 atom stereocenters. The van der Waals surface area contributed by atoms with Gasteiger partial charge in [0.2, 0.25) is 5.91 Å². The Morgan fingerprint density at radius 2 is 1.84 bits per heavy atom. The summed E-state index contributed by atoms with van der Waals surface area (Å²) in [5.41, 5.74) is 1.04. The average Bonchev–Trinajstić information content (AvgIpc) is 3.42. The van der Waals surface area contributed by atoms with Crippen LogP contribution >= 0.6 is 0 Å². The number of hydrogen-bond donors (Lipinski definition) is 2. The molecule has 4 amide bonds. The van der Waals surface area contributed by atoms with E-state index in [1.54, 1.807) is 4.68 Å². The van der Waals surface area contributed by atoms with Crippen molar-refractivity contribution in [3.8, 4) is 0 Å². The summed E-state index contributed by atoms with van der Waals surface area (Å²) in [4.78, 5) is 39.0. The predicted molar refractivity (Wildman–Crippen MR) is 121 cm³/mol. The molecule has 2 N–H and O–H groups in total. The third kappa shape index (κ3) is 4.40. The topological polar surface area (TPSA) is 96.3 Å². The molecule has 1 aliphatic heterocycles. The number of carbonyl (C=O) groups is 3. The number of nitrogens with zero attached hydrogens (tertiary/aromatic N) is 3. The van der Waals surface area contributed by atoms with Crippen LogP contribution in [-0.4, -0.2) is 44.6 Å². The Kier molecular flexibility index (Phi) is 5.79. The molecule has 2 heterocycles. The van der Waals surface area contributed by atoms with Crippen LogP contribution in [0.25, 0.3) is 0 Å². The lowest BCUT2D eigenvalue weighted by Gasteiger charge is -2.19. The summed E-state index contributed by atoms with van der Waals surface area (Å²) < 4.78 is 1.79. The van der Waals surface area contributed by atoms with Crippen molar-refractivity contribution in [3.05, 3.63) is 47.7 Å². The molecule has 8 nitrogen and oxygen atoms in total. The third-order valence-corrected chi connectivity index (χ3v) is 6.26. The molecule has 1 saturated carbocycles. The number of benzene rings is 1. The van der Waals surface area contributed by atoms with Gasteiger partial charge in [-0.15, -0.1) is 0 Å². The fourth-order valence-electron chi connectivity index (χ4n) is 4.38. The first-order valence-electron chi connectivity index (χ1n) is 11.2. The van der Waals surface area contributed by atoms with Gasteiger partial charge in [-0.3, -0.25) is 14.5 Å². The minimum atomic E-state index is -0.747. The van der Waals surface area contributed by atoms with Crippen molar-refractivity contribution >= 4 is 23.7 Å². The lowest BCUT2D eigenvalue weighted by atomic mass is 9.92. The van der Waals surface area contributed by atoms with Gasteiger partial charge in [0.05, 0.1) is 12.2 Å². The molecule has 0 unspecified atom stereocenters. The normalized spacial score (nSPS) is 17.8. The lowest BCUT2D eigenvalue weighted by molar-refractivity contribution is -0.131. The fourth-order valence-corrected chi connectivity index (χ4v) is 4.38. The minimum Gasteiger partial charge on any atom is -0.323 e. The van der Waals surface area contributed by atoms with E-state index in [9.17, 15) is 14.4 Å². The number of rotatable bonds is 6. The second kappa shape index (κ2) is 8.41. The molecule has 32 heavy (non-hydrogen) atoms. The van der Waals surface area contributed by atoms with Gasteiger partial charge in [0.1, 0.15) is 11.4 Å². The summed E-state index contributed by atoms with van der Waals surface area (Å²) in [5.74, 6) is 0.151. The maximum atomic E-state index is 12.8. The van der Waals surface area contributed by atoms with E-state index in [-0.39, 0.29) is 30.2 Å². The van der Waals surface area contributed by atoms with E-state index in [0.717, 1.165) is 24.1 Å². The van der Waals surface area contributed by atoms with Crippen LogP contribution in [0.5, 0.6) is 0 Å². The molecule has 1 saturated heterocycles. The highest BCUT2D eigenvalue weighted by Crippen LogP contribution is 2.35. The highest BCUT2D eigenvalue weighted by molar-refractivity contribution is 6.07. The molecule has 2 aromatic rings. The van der Waals surface area contributed by atoms with Gasteiger partial charge >= 0.3 is 6.03 Å². The van der Waals surface area contributed by atoms with Crippen molar-refractivity contribution in [2.24, 2.45) is 0 Å². The average molecular weight is 438 g/mol. The number of carbonyl (C=O) groups excluding carboxylic acids is 3. The van der Waals surface area contributed by atoms with Crippen LogP contribution in [0, 0.1) is 0 Å². The van der Waals surface area contributed by atoms with Crippen molar-refractivity contribution in [2.45, 2.75) is 70.4 Å².